The highest BCUT2D eigenvalue weighted by Gasteiger charge is 2.24. The van der Waals surface area contributed by atoms with Gasteiger partial charge in [-0.3, -0.25) is 4.90 Å². The Hall–Kier alpha value is -1.06. The van der Waals surface area contributed by atoms with Crippen LogP contribution in [0.15, 0.2) is 18.2 Å². The van der Waals surface area contributed by atoms with E-state index in [9.17, 15) is 0 Å². The molecule has 1 aromatic rings. The number of rotatable bonds is 3. The van der Waals surface area contributed by atoms with E-state index in [-0.39, 0.29) is 0 Å². The van der Waals surface area contributed by atoms with Crippen molar-refractivity contribution in [2.45, 2.75) is 26.3 Å². The highest BCUT2D eigenvalue weighted by molar-refractivity contribution is 5.56. The molecule has 1 fully saturated rings. The minimum Gasteiger partial charge on any atom is -0.368 e. The Morgan fingerprint density at radius 2 is 2.06 bits per heavy atom. The minimum atomic E-state index is 0.587. The van der Waals surface area contributed by atoms with Crippen LogP contribution in [-0.2, 0) is 0 Å². The molecular formula is C15H25N3. The summed E-state index contributed by atoms with van der Waals surface area (Å²) in [6.45, 7) is 8.51. The fourth-order valence-electron chi connectivity index (χ4n) is 2.75. The van der Waals surface area contributed by atoms with Crippen LogP contribution >= 0.6 is 0 Å². The van der Waals surface area contributed by atoms with Gasteiger partial charge in [0.2, 0.25) is 0 Å². The zero-order valence-electron chi connectivity index (χ0n) is 11.8. The van der Waals surface area contributed by atoms with Gasteiger partial charge in [-0.1, -0.05) is 12.1 Å². The first-order valence-electron chi connectivity index (χ1n) is 6.85. The van der Waals surface area contributed by atoms with Gasteiger partial charge >= 0.3 is 0 Å². The van der Waals surface area contributed by atoms with Crippen LogP contribution in [0.25, 0.3) is 0 Å². The summed E-state index contributed by atoms with van der Waals surface area (Å²) < 4.78 is 0. The summed E-state index contributed by atoms with van der Waals surface area (Å²) in [7, 11) is 2.21. The van der Waals surface area contributed by atoms with Gasteiger partial charge in [-0.15, -0.1) is 0 Å². The van der Waals surface area contributed by atoms with Gasteiger partial charge in [-0.25, -0.2) is 0 Å². The second-order valence-corrected chi connectivity index (χ2v) is 5.38. The lowest BCUT2D eigenvalue weighted by atomic mass is 10.0. The van der Waals surface area contributed by atoms with Gasteiger partial charge in [-0.05, 0) is 51.1 Å². The van der Waals surface area contributed by atoms with Crippen LogP contribution in [0.2, 0.25) is 0 Å². The molecule has 1 aliphatic rings. The maximum Gasteiger partial charge on any atom is 0.0399 e. The van der Waals surface area contributed by atoms with E-state index in [1.54, 1.807) is 0 Å². The predicted octanol–water partition coefficient (Wildman–Crippen LogP) is 1.77. The quantitative estimate of drug-likeness (QED) is 0.883. The van der Waals surface area contributed by atoms with Crippen LogP contribution in [0.1, 0.15) is 17.5 Å². The smallest absolute Gasteiger partial charge is 0.0399 e. The molecule has 3 nitrogen and oxygen atoms in total. The molecule has 0 aliphatic carbocycles. The molecule has 1 atom stereocenters. The summed E-state index contributed by atoms with van der Waals surface area (Å²) in [5, 5.41) is 0. The molecule has 0 spiro atoms. The van der Waals surface area contributed by atoms with Crippen LogP contribution in [0.4, 0.5) is 5.69 Å². The normalized spacial score (nSPS) is 21.3. The molecule has 2 rings (SSSR count). The topological polar surface area (TPSA) is 32.5 Å². The number of anilines is 1. The van der Waals surface area contributed by atoms with Crippen LogP contribution in [0, 0.1) is 13.8 Å². The Morgan fingerprint density at radius 3 is 2.78 bits per heavy atom. The van der Waals surface area contributed by atoms with Crippen molar-refractivity contribution in [1.29, 1.82) is 0 Å². The number of aryl methyl sites for hydroxylation is 1. The molecule has 0 aromatic heterocycles. The van der Waals surface area contributed by atoms with Crippen molar-refractivity contribution in [2.75, 3.05) is 38.1 Å². The van der Waals surface area contributed by atoms with Crippen molar-refractivity contribution in [3.05, 3.63) is 29.3 Å². The van der Waals surface area contributed by atoms with Crippen molar-refractivity contribution in [3.63, 3.8) is 0 Å². The molecule has 0 radical (unpaired) electrons. The predicted molar refractivity (Wildman–Crippen MR) is 78.2 cm³/mol. The van der Waals surface area contributed by atoms with Gasteiger partial charge in [0.15, 0.2) is 0 Å². The van der Waals surface area contributed by atoms with E-state index in [2.05, 4.69) is 48.9 Å². The summed E-state index contributed by atoms with van der Waals surface area (Å²) in [5.41, 5.74) is 9.90. The number of benzene rings is 1. The summed E-state index contributed by atoms with van der Waals surface area (Å²) in [6.07, 6.45) is 1.08. The maximum atomic E-state index is 5.71. The molecule has 100 valence electrons. The van der Waals surface area contributed by atoms with Crippen molar-refractivity contribution < 1.29 is 0 Å². The summed E-state index contributed by atoms with van der Waals surface area (Å²) in [5.74, 6) is 0. The second kappa shape index (κ2) is 5.72. The Bertz CT molecular complexity index is 403. The summed E-state index contributed by atoms with van der Waals surface area (Å²) in [6, 6.07) is 7.18. The number of hydrogen-bond donors (Lipinski definition) is 1. The molecule has 0 amide bonds. The third-order valence-electron chi connectivity index (χ3n) is 4.19. The van der Waals surface area contributed by atoms with E-state index in [0.717, 1.165) is 32.6 Å². The van der Waals surface area contributed by atoms with E-state index in [1.165, 1.54) is 16.8 Å². The molecule has 1 heterocycles. The molecule has 0 saturated carbocycles. The number of piperazine rings is 1. The van der Waals surface area contributed by atoms with E-state index in [1.807, 2.05) is 0 Å². The Balaban J connectivity index is 2.16. The molecule has 2 N–H and O–H groups in total. The van der Waals surface area contributed by atoms with Gasteiger partial charge in [0, 0.05) is 31.4 Å². The third kappa shape index (κ3) is 2.68. The number of nitrogens with zero attached hydrogens (tertiary/aromatic N) is 2. The summed E-state index contributed by atoms with van der Waals surface area (Å²) in [4.78, 5) is 4.96. The lowest BCUT2D eigenvalue weighted by molar-refractivity contribution is 0.210. The first-order valence-corrected chi connectivity index (χ1v) is 6.85. The Labute approximate surface area is 111 Å². The van der Waals surface area contributed by atoms with Gasteiger partial charge in [0.25, 0.3) is 0 Å². The fourth-order valence-corrected chi connectivity index (χ4v) is 2.75. The fraction of sp³-hybridized carbons (Fsp3) is 0.600. The molecule has 1 aliphatic heterocycles. The van der Waals surface area contributed by atoms with Crippen molar-refractivity contribution in [1.82, 2.24) is 4.90 Å². The largest absolute Gasteiger partial charge is 0.368 e. The average Bonchev–Trinajstić information content (AvgIpc) is 2.36. The van der Waals surface area contributed by atoms with Gasteiger partial charge in [-0.2, -0.15) is 0 Å². The van der Waals surface area contributed by atoms with Gasteiger partial charge in [0.1, 0.15) is 0 Å². The maximum absolute atomic E-state index is 5.71. The lowest BCUT2D eigenvalue weighted by Gasteiger charge is -2.41. The number of nitrogens with two attached hydrogens (primary N) is 1. The molecule has 3 heteroatoms. The molecule has 1 aromatic carbocycles. The second-order valence-electron chi connectivity index (χ2n) is 5.38. The number of hydrogen-bond acceptors (Lipinski definition) is 3. The minimum absolute atomic E-state index is 0.587. The lowest BCUT2D eigenvalue weighted by Crippen LogP contribution is -2.52. The molecule has 0 bridgehead atoms. The third-order valence-corrected chi connectivity index (χ3v) is 4.19. The van der Waals surface area contributed by atoms with Crippen LogP contribution in [0.5, 0.6) is 0 Å². The Morgan fingerprint density at radius 1 is 1.28 bits per heavy atom. The molecule has 1 saturated heterocycles. The first kappa shape index (κ1) is 13.4. The standard InChI is InChI=1S/C15H25N3/c1-12-5-4-6-15(13(12)2)18-10-9-17(3)14(11-18)7-8-16/h4-6,14H,7-11,16H2,1-3H3. The molecule has 1 unspecified atom stereocenters. The Kier molecular flexibility index (Phi) is 4.25. The van der Waals surface area contributed by atoms with Crippen molar-refractivity contribution >= 4 is 5.69 Å². The van der Waals surface area contributed by atoms with Crippen molar-refractivity contribution in [3.8, 4) is 0 Å². The van der Waals surface area contributed by atoms with E-state index in [4.69, 9.17) is 5.73 Å². The molecule has 18 heavy (non-hydrogen) atoms. The van der Waals surface area contributed by atoms with Crippen LogP contribution < -0.4 is 10.6 Å². The van der Waals surface area contributed by atoms with E-state index >= 15 is 0 Å². The molecular weight excluding hydrogens is 222 g/mol. The SMILES string of the molecule is Cc1cccc(N2CCN(C)C(CCN)C2)c1C. The van der Waals surface area contributed by atoms with E-state index in [0.29, 0.717) is 6.04 Å². The highest BCUT2D eigenvalue weighted by atomic mass is 15.3. The van der Waals surface area contributed by atoms with Crippen LogP contribution in [0.3, 0.4) is 0 Å². The van der Waals surface area contributed by atoms with Crippen LogP contribution in [-0.4, -0.2) is 44.2 Å². The zero-order chi connectivity index (χ0) is 13.1. The van der Waals surface area contributed by atoms with Gasteiger partial charge < -0.3 is 10.6 Å². The van der Waals surface area contributed by atoms with Crippen molar-refractivity contribution in [2.24, 2.45) is 5.73 Å². The average molecular weight is 247 g/mol. The number of likely N-dealkylation sites (N-methyl/N-ethyl adjacent to an activating group) is 1. The van der Waals surface area contributed by atoms with E-state index < -0.39 is 0 Å². The monoisotopic (exact) mass is 247 g/mol. The summed E-state index contributed by atoms with van der Waals surface area (Å²) >= 11 is 0. The highest BCUT2D eigenvalue weighted by Crippen LogP contribution is 2.25. The van der Waals surface area contributed by atoms with Gasteiger partial charge in [0.05, 0.1) is 0 Å². The first-order chi connectivity index (χ1) is 8.63. The zero-order valence-corrected chi connectivity index (χ0v) is 11.8.